The van der Waals surface area contributed by atoms with Crippen molar-refractivity contribution < 1.29 is 9.53 Å². The zero-order chi connectivity index (χ0) is 27.4. The van der Waals surface area contributed by atoms with Crippen molar-refractivity contribution in [2.24, 2.45) is 5.10 Å². The Labute approximate surface area is 256 Å². The van der Waals surface area contributed by atoms with Crippen molar-refractivity contribution in [2.75, 3.05) is 11.9 Å². The first-order valence-corrected chi connectivity index (χ1v) is 14.9. The lowest BCUT2D eigenvalue weighted by Gasteiger charge is -2.14. The molecular weight excluding hydrogens is 774 g/mol. The zero-order valence-electron chi connectivity index (χ0n) is 21.0. The molecule has 0 saturated carbocycles. The molecule has 0 spiro atoms. The molecule has 1 atom stereocenters. The van der Waals surface area contributed by atoms with E-state index >= 15 is 0 Å². The molecule has 7 nitrogen and oxygen atoms in total. The summed E-state index contributed by atoms with van der Waals surface area (Å²) in [4.78, 5) is 30.6. The second-order valence-electron chi connectivity index (χ2n) is 8.77. The van der Waals surface area contributed by atoms with E-state index in [-0.39, 0.29) is 24.0 Å². The van der Waals surface area contributed by atoms with Gasteiger partial charge in [-0.15, -0.1) is 0 Å². The number of aromatic nitrogens is 2. The lowest BCUT2D eigenvalue weighted by molar-refractivity contribution is -0.118. The number of ether oxygens (including phenoxy) is 1. The summed E-state index contributed by atoms with van der Waals surface area (Å²) < 4.78 is 9.72. The minimum atomic E-state index is -0.232. The molecule has 4 rings (SSSR count). The summed E-state index contributed by atoms with van der Waals surface area (Å²) in [5.74, 6) is 1.06. The predicted molar refractivity (Wildman–Crippen MR) is 173 cm³/mol. The maximum atomic E-state index is 13.4. The van der Waals surface area contributed by atoms with Crippen LogP contribution < -0.4 is 15.6 Å². The summed E-state index contributed by atoms with van der Waals surface area (Å²) in [6.45, 7) is 5.92. The van der Waals surface area contributed by atoms with Gasteiger partial charge in [0, 0.05) is 16.1 Å². The molecule has 1 amide bonds. The lowest BCUT2D eigenvalue weighted by Crippen LogP contribution is -2.23. The Balaban J connectivity index is 1.58. The SMILES string of the molecule is CC[C@H](C)c1nc2ccc(Br)cc2c(=O)n1N=Cc1cc(I)c(OCC(=O)Nc2ccccc2C)c(I)c1. The van der Waals surface area contributed by atoms with E-state index in [1.165, 1.54) is 4.68 Å². The second kappa shape index (κ2) is 12.7. The fourth-order valence-electron chi connectivity index (χ4n) is 3.73. The van der Waals surface area contributed by atoms with Crippen molar-refractivity contribution in [1.29, 1.82) is 0 Å². The van der Waals surface area contributed by atoms with Crippen LogP contribution in [0.15, 0.2) is 69.0 Å². The van der Waals surface area contributed by atoms with E-state index in [4.69, 9.17) is 9.72 Å². The molecule has 0 unspecified atom stereocenters. The van der Waals surface area contributed by atoms with E-state index in [1.807, 2.05) is 62.4 Å². The number of carbonyl (C=O) groups excluding carboxylic acids is 1. The Kier molecular flexibility index (Phi) is 9.58. The summed E-state index contributed by atoms with van der Waals surface area (Å²) in [7, 11) is 0. The molecule has 1 N–H and O–H groups in total. The number of hydrogen-bond donors (Lipinski definition) is 1. The highest BCUT2D eigenvalue weighted by molar-refractivity contribution is 14.1. The van der Waals surface area contributed by atoms with Gasteiger partial charge in [0.15, 0.2) is 6.61 Å². The van der Waals surface area contributed by atoms with E-state index in [2.05, 4.69) is 78.5 Å². The Bertz CT molecular complexity index is 1580. The van der Waals surface area contributed by atoms with E-state index in [9.17, 15) is 9.59 Å². The molecule has 0 aliphatic rings. The van der Waals surface area contributed by atoms with Crippen LogP contribution >= 0.6 is 61.1 Å². The van der Waals surface area contributed by atoms with Gasteiger partial charge in [-0.05, 0) is 106 Å². The Hall–Kier alpha value is -2.32. The van der Waals surface area contributed by atoms with Crippen LogP contribution in [-0.2, 0) is 4.79 Å². The molecule has 0 aliphatic carbocycles. The third-order valence-electron chi connectivity index (χ3n) is 6.00. The van der Waals surface area contributed by atoms with Gasteiger partial charge in [0.1, 0.15) is 11.6 Å². The van der Waals surface area contributed by atoms with Crippen LogP contribution in [0.5, 0.6) is 5.75 Å². The van der Waals surface area contributed by atoms with Crippen molar-refractivity contribution in [2.45, 2.75) is 33.1 Å². The fourth-order valence-corrected chi connectivity index (χ4v) is 6.22. The van der Waals surface area contributed by atoms with Crippen LogP contribution in [0.25, 0.3) is 10.9 Å². The number of anilines is 1. The Morgan fingerprint density at radius 2 is 1.89 bits per heavy atom. The predicted octanol–water partition coefficient (Wildman–Crippen LogP) is 7.09. The normalized spacial score (nSPS) is 12.2. The number of nitrogens with one attached hydrogen (secondary N) is 1. The number of aryl methyl sites for hydroxylation is 1. The maximum absolute atomic E-state index is 13.4. The first kappa shape index (κ1) is 28.7. The third kappa shape index (κ3) is 6.63. The number of amides is 1. The van der Waals surface area contributed by atoms with Crippen molar-refractivity contribution in [3.05, 3.63) is 93.5 Å². The van der Waals surface area contributed by atoms with Gasteiger partial charge in [-0.2, -0.15) is 9.78 Å². The Morgan fingerprint density at radius 3 is 2.58 bits per heavy atom. The zero-order valence-corrected chi connectivity index (χ0v) is 26.9. The molecule has 0 saturated heterocycles. The second-order valence-corrected chi connectivity index (χ2v) is 12.0. The molecule has 4 aromatic rings. The van der Waals surface area contributed by atoms with E-state index < -0.39 is 0 Å². The van der Waals surface area contributed by atoms with Crippen LogP contribution in [0, 0.1) is 14.1 Å². The van der Waals surface area contributed by atoms with Crippen LogP contribution in [0.3, 0.4) is 0 Å². The third-order valence-corrected chi connectivity index (χ3v) is 8.09. The van der Waals surface area contributed by atoms with Crippen molar-refractivity contribution in [3.8, 4) is 5.75 Å². The van der Waals surface area contributed by atoms with Gasteiger partial charge >= 0.3 is 0 Å². The molecule has 1 aromatic heterocycles. The summed E-state index contributed by atoms with van der Waals surface area (Å²) in [6, 6.07) is 16.9. The maximum Gasteiger partial charge on any atom is 0.282 e. The molecule has 0 aliphatic heterocycles. The number of fused-ring (bicyclic) bond motifs is 1. The number of para-hydroxylation sites is 1. The minimum absolute atomic E-state index is 0.0507. The summed E-state index contributed by atoms with van der Waals surface area (Å²) >= 11 is 7.79. The number of benzene rings is 3. The van der Waals surface area contributed by atoms with Crippen molar-refractivity contribution in [3.63, 3.8) is 0 Å². The number of carbonyl (C=O) groups is 1. The molecule has 3 aromatic carbocycles. The Morgan fingerprint density at radius 1 is 1.18 bits per heavy atom. The molecule has 10 heteroatoms. The quantitative estimate of drug-likeness (QED) is 0.153. The van der Waals surface area contributed by atoms with Gasteiger partial charge in [0.05, 0.1) is 24.3 Å². The average molecular weight is 799 g/mol. The number of rotatable bonds is 8. The van der Waals surface area contributed by atoms with Crippen LogP contribution in [0.1, 0.15) is 43.1 Å². The van der Waals surface area contributed by atoms with Crippen LogP contribution in [0.2, 0.25) is 0 Å². The smallest absolute Gasteiger partial charge is 0.282 e. The van der Waals surface area contributed by atoms with E-state index in [0.29, 0.717) is 22.5 Å². The molecule has 0 fully saturated rings. The summed E-state index contributed by atoms with van der Waals surface area (Å²) in [5, 5.41) is 7.93. The molecule has 0 bridgehead atoms. The fraction of sp³-hybridized carbons (Fsp3) is 0.214. The average Bonchev–Trinajstić information content (AvgIpc) is 2.88. The van der Waals surface area contributed by atoms with E-state index in [0.717, 1.165) is 34.8 Å². The first-order chi connectivity index (χ1) is 18.2. The standard InChI is InChI=1S/C28H25BrI2N4O3/c1-4-16(2)27-34-24-10-9-19(29)13-20(24)28(37)35(27)32-14-18-11-21(30)26(22(31)12-18)38-15-25(36)33-23-8-6-5-7-17(23)3/h5-14,16H,4,15H2,1-3H3,(H,33,36)/t16-/m0/s1. The molecule has 196 valence electrons. The molecular formula is C28H25BrI2N4O3. The van der Waals surface area contributed by atoms with Crippen molar-refractivity contribution >= 4 is 89.8 Å². The summed E-state index contributed by atoms with van der Waals surface area (Å²) in [5.41, 5.74) is 2.98. The van der Waals surface area contributed by atoms with Gasteiger partial charge in [0.2, 0.25) is 0 Å². The van der Waals surface area contributed by atoms with Gasteiger partial charge in [0.25, 0.3) is 11.5 Å². The van der Waals surface area contributed by atoms with Crippen LogP contribution in [-0.4, -0.2) is 28.4 Å². The molecule has 1 heterocycles. The highest BCUT2D eigenvalue weighted by atomic mass is 127. The highest BCUT2D eigenvalue weighted by Crippen LogP contribution is 2.29. The molecule has 0 radical (unpaired) electrons. The van der Waals surface area contributed by atoms with Gasteiger partial charge < -0.3 is 10.1 Å². The van der Waals surface area contributed by atoms with Crippen LogP contribution in [0.4, 0.5) is 5.69 Å². The van der Waals surface area contributed by atoms with Gasteiger partial charge in [-0.1, -0.05) is 48.0 Å². The largest absolute Gasteiger partial charge is 0.482 e. The lowest BCUT2D eigenvalue weighted by atomic mass is 10.1. The van der Waals surface area contributed by atoms with Gasteiger partial charge in [-0.3, -0.25) is 9.59 Å². The monoisotopic (exact) mass is 798 g/mol. The highest BCUT2D eigenvalue weighted by Gasteiger charge is 2.16. The van der Waals surface area contributed by atoms with Gasteiger partial charge in [-0.25, -0.2) is 4.98 Å². The number of halogens is 3. The summed E-state index contributed by atoms with van der Waals surface area (Å²) in [6.07, 6.45) is 2.47. The number of hydrogen-bond acceptors (Lipinski definition) is 5. The van der Waals surface area contributed by atoms with Crippen molar-refractivity contribution in [1.82, 2.24) is 9.66 Å². The topological polar surface area (TPSA) is 85.6 Å². The molecule has 38 heavy (non-hydrogen) atoms. The first-order valence-electron chi connectivity index (χ1n) is 11.9. The number of nitrogens with zero attached hydrogens (tertiary/aromatic N) is 3. The minimum Gasteiger partial charge on any atom is -0.482 e. The van der Waals surface area contributed by atoms with E-state index in [1.54, 1.807) is 12.3 Å².